The largest absolute Gasteiger partial charge is 0.379 e. The molecule has 3 rings (SSSR count). The maximum atomic E-state index is 10.7. The Balaban J connectivity index is 1.49. The van der Waals surface area contributed by atoms with E-state index >= 15 is 0 Å². The molecule has 1 fully saturated rings. The Morgan fingerprint density at radius 2 is 2.29 bits per heavy atom. The van der Waals surface area contributed by atoms with Crippen LogP contribution in [0.25, 0.3) is 11.0 Å². The molecule has 1 aliphatic heterocycles. The van der Waals surface area contributed by atoms with Crippen LogP contribution in [0.4, 0.5) is 5.95 Å². The fourth-order valence-electron chi connectivity index (χ4n) is 2.39. The second-order valence-corrected chi connectivity index (χ2v) is 5.05. The van der Waals surface area contributed by atoms with Crippen LogP contribution in [-0.2, 0) is 4.74 Å². The van der Waals surface area contributed by atoms with E-state index in [1.807, 2.05) is 0 Å². The highest BCUT2D eigenvalue weighted by molar-refractivity contribution is 5.83. The first-order valence-corrected chi connectivity index (χ1v) is 7.18. The lowest BCUT2D eigenvalue weighted by Gasteiger charge is -2.26. The minimum absolute atomic E-state index is 0.466. The molecule has 1 aliphatic rings. The molecule has 2 aromatic rings. The molecule has 0 unspecified atom stereocenters. The third-order valence-electron chi connectivity index (χ3n) is 3.53. The van der Waals surface area contributed by atoms with Crippen LogP contribution < -0.4 is 5.32 Å². The number of nitrogens with zero attached hydrogens (tertiary/aromatic N) is 2. The van der Waals surface area contributed by atoms with Gasteiger partial charge in [-0.3, -0.25) is 9.69 Å². The van der Waals surface area contributed by atoms with E-state index < -0.39 is 0 Å². The van der Waals surface area contributed by atoms with E-state index in [4.69, 9.17) is 4.74 Å². The lowest BCUT2D eigenvalue weighted by molar-refractivity contribution is 0.0378. The van der Waals surface area contributed by atoms with E-state index in [-0.39, 0.29) is 0 Å². The van der Waals surface area contributed by atoms with Crippen LogP contribution in [-0.4, -0.2) is 60.5 Å². The molecule has 110 valence electrons. The molecule has 0 amide bonds. The fraction of sp³-hybridized carbons (Fsp3) is 0.467. The average molecular weight is 286 g/mol. The van der Waals surface area contributed by atoms with Gasteiger partial charge >= 0.3 is 0 Å². The van der Waals surface area contributed by atoms with Crippen LogP contribution in [0.3, 0.4) is 0 Å². The summed E-state index contributed by atoms with van der Waals surface area (Å²) in [4.78, 5) is 20.6. The molecular formula is C15H18N4O2. The van der Waals surface area contributed by atoms with Crippen LogP contribution in [0.15, 0.2) is 6.07 Å². The van der Waals surface area contributed by atoms with Crippen LogP contribution in [0.5, 0.6) is 0 Å². The summed E-state index contributed by atoms with van der Waals surface area (Å²) in [6.45, 7) is 5.62. The Hall–Kier alpha value is -2.10. The van der Waals surface area contributed by atoms with Crippen molar-refractivity contribution >= 4 is 23.3 Å². The second kappa shape index (κ2) is 6.57. The summed E-state index contributed by atoms with van der Waals surface area (Å²) >= 11 is 0. The molecule has 1 aromatic carbocycles. The van der Waals surface area contributed by atoms with Gasteiger partial charge in [-0.15, -0.1) is 0 Å². The van der Waals surface area contributed by atoms with Gasteiger partial charge in [0.25, 0.3) is 0 Å². The topological polar surface area (TPSA) is 70.2 Å². The van der Waals surface area contributed by atoms with Crippen molar-refractivity contribution in [3.63, 3.8) is 0 Å². The smallest absolute Gasteiger partial charge is 0.201 e. The summed E-state index contributed by atoms with van der Waals surface area (Å²) in [5, 5.41) is 3.26. The number of hydrogen-bond donors (Lipinski definition) is 2. The monoisotopic (exact) mass is 286 g/mol. The van der Waals surface area contributed by atoms with Crippen molar-refractivity contribution in [2.75, 3.05) is 44.7 Å². The molecule has 0 aliphatic carbocycles. The zero-order valence-corrected chi connectivity index (χ0v) is 11.8. The van der Waals surface area contributed by atoms with E-state index in [9.17, 15) is 4.79 Å². The Kier molecular flexibility index (Phi) is 4.34. The molecule has 0 bridgehead atoms. The SMILES string of the molecule is O=Cc1c#cc2[nH]c(NCCCN3CCOCC3)nc2c1. The number of aromatic nitrogens is 2. The predicted molar refractivity (Wildman–Crippen MR) is 79.5 cm³/mol. The normalized spacial score (nSPS) is 15.8. The Bertz CT molecular complexity index is 605. The fourth-order valence-corrected chi connectivity index (χ4v) is 2.39. The second-order valence-electron chi connectivity index (χ2n) is 5.05. The van der Waals surface area contributed by atoms with Gasteiger partial charge in [-0.05, 0) is 25.1 Å². The summed E-state index contributed by atoms with van der Waals surface area (Å²) in [6.07, 6.45) is 1.80. The van der Waals surface area contributed by atoms with Crippen LogP contribution in [0, 0.1) is 12.1 Å². The van der Waals surface area contributed by atoms with Crippen molar-refractivity contribution in [2.24, 2.45) is 0 Å². The summed E-state index contributed by atoms with van der Waals surface area (Å²) in [5.41, 5.74) is 1.95. The summed E-state index contributed by atoms with van der Waals surface area (Å²) in [6, 6.07) is 7.37. The molecule has 0 radical (unpaired) electrons. The van der Waals surface area contributed by atoms with E-state index in [1.54, 1.807) is 6.07 Å². The van der Waals surface area contributed by atoms with Crippen molar-refractivity contribution in [2.45, 2.75) is 6.42 Å². The third-order valence-corrected chi connectivity index (χ3v) is 3.53. The van der Waals surface area contributed by atoms with Gasteiger partial charge in [0.2, 0.25) is 5.95 Å². The first-order valence-electron chi connectivity index (χ1n) is 7.18. The molecule has 1 saturated heterocycles. The molecule has 6 nitrogen and oxygen atoms in total. The number of nitrogens with one attached hydrogen (secondary N) is 2. The lowest BCUT2D eigenvalue weighted by atomic mass is 10.2. The molecular weight excluding hydrogens is 268 g/mol. The first kappa shape index (κ1) is 13.9. The van der Waals surface area contributed by atoms with Crippen molar-refractivity contribution in [3.8, 4) is 0 Å². The number of hydrogen-bond acceptors (Lipinski definition) is 5. The molecule has 21 heavy (non-hydrogen) atoms. The maximum Gasteiger partial charge on any atom is 0.201 e. The van der Waals surface area contributed by atoms with Crippen LogP contribution in [0.2, 0.25) is 0 Å². The summed E-state index contributed by atoms with van der Waals surface area (Å²) in [7, 11) is 0. The van der Waals surface area contributed by atoms with Crippen molar-refractivity contribution in [1.29, 1.82) is 0 Å². The number of carbonyl (C=O) groups is 1. The van der Waals surface area contributed by atoms with Gasteiger partial charge in [-0.25, -0.2) is 4.98 Å². The molecule has 1 aromatic heterocycles. The maximum absolute atomic E-state index is 10.7. The van der Waals surface area contributed by atoms with E-state index in [1.165, 1.54) is 0 Å². The molecule has 0 spiro atoms. The number of aromatic amines is 1. The molecule has 0 atom stereocenters. The number of anilines is 1. The minimum Gasteiger partial charge on any atom is -0.379 e. The van der Waals surface area contributed by atoms with E-state index in [0.717, 1.165) is 63.1 Å². The van der Waals surface area contributed by atoms with Crippen LogP contribution in [0.1, 0.15) is 16.8 Å². The average Bonchev–Trinajstić information content (AvgIpc) is 2.94. The van der Waals surface area contributed by atoms with Gasteiger partial charge in [0, 0.05) is 19.6 Å². The van der Waals surface area contributed by atoms with Gasteiger partial charge in [0.05, 0.1) is 18.8 Å². The molecule has 2 heterocycles. The third kappa shape index (κ3) is 3.51. The lowest BCUT2D eigenvalue weighted by Crippen LogP contribution is -2.37. The number of H-pyrrole nitrogens is 1. The molecule has 2 N–H and O–H groups in total. The number of morpholine rings is 1. The van der Waals surface area contributed by atoms with Crippen molar-refractivity contribution in [1.82, 2.24) is 14.9 Å². The highest BCUT2D eigenvalue weighted by Gasteiger charge is 2.09. The number of carbonyl (C=O) groups excluding carboxylic acids is 1. The standard InChI is InChI=1S/C15H18N4O2/c20-11-12-2-3-13-14(10-12)18-15(17-13)16-4-1-5-19-6-8-21-9-7-19/h10-11H,1,4-9H2,(H2,16,17,18). The predicted octanol–water partition coefficient (Wildman–Crippen LogP) is 1.11. The molecule has 6 heteroatoms. The number of imidazole rings is 1. The Labute approximate surface area is 123 Å². The highest BCUT2D eigenvalue weighted by atomic mass is 16.5. The Morgan fingerprint density at radius 3 is 3.10 bits per heavy atom. The Morgan fingerprint density at radius 1 is 1.43 bits per heavy atom. The summed E-state index contributed by atoms with van der Waals surface area (Å²) in [5.74, 6) is 0.708. The molecule has 0 saturated carbocycles. The quantitative estimate of drug-likeness (QED) is 0.615. The highest BCUT2D eigenvalue weighted by Crippen LogP contribution is 2.12. The minimum atomic E-state index is 0.466. The van der Waals surface area contributed by atoms with Gasteiger partial charge in [-0.1, -0.05) is 6.07 Å². The summed E-state index contributed by atoms with van der Waals surface area (Å²) < 4.78 is 5.32. The van der Waals surface area contributed by atoms with Crippen LogP contribution >= 0.6 is 0 Å². The number of fused-ring (bicyclic) bond motifs is 1. The first-order chi connectivity index (χ1) is 10.3. The van der Waals surface area contributed by atoms with Gasteiger partial charge < -0.3 is 15.0 Å². The zero-order valence-electron chi connectivity index (χ0n) is 11.8. The van der Waals surface area contributed by atoms with E-state index in [0.29, 0.717) is 11.5 Å². The van der Waals surface area contributed by atoms with E-state index in [2.05, 4.69) is 32.3 Å². The number of aldehydes is 1. The van der Waals surface area contributed by atoms with Gasteiger partial charge in [0.15, 0.2) is 6.29 Å². The van der Waals surface area contributed by atoms with Gasteiger partial charge in [-0.2, -0.15) is 0 Å². The van der Waals surface area contributed by atoms with Gasteiger partial charge in [0.1, 0.15) is 11.0 Å². The van der Waals surface area contributed by atoms with Crippen molar-refractivity contribution in [3.05, 3.63) is 23.8 Å². The van der Waals surface area contributed by atoms with Crippen molar-refractivity contribution < 1.29 is 9.53 Å². The number of ether oxygens (including phenoxy) is 1. The zero-order chi connectivity index (χ0) is 14.5. The number of rotatable bonds is 6.